The third kappa shape index (κ3) is 2.90. The zero-order valence-electron chi connectivity index (χ0n) is 10.1. The number of rotatable bonds is 4. The molecule has 0 radical (unpaired) electrons. The molecule has 0 aromatic carbocycles. The first-order valence-corrected chi connectivity index (χ1v) is 5.45. The molecule has 0 spiro atoms. The van der Waals surface area contributed by atoms with Crippen molar-refractivity contribution in [3.8, 4) is 12.3 Å². The first-order chi connectivity index (χ1) is 7.50. The highest BCUT2D eigenvalue weighted by molar-refractivity contribution is 5.93. The zero-order chi connectivity index (χ0) is 12.2. The average molecular weight is 218 g/mol. The maximum atomic E-state index is 11.9. The summed E-state index contributed by atoms with van der Waals surface area (Å²) in [5.74, 6) is 2.42. The molecule has 1 N–H and O–H groups in total. The van der Waals surface area contributed by atoms with Crippen molar-refractivity contribution in [1.82, 2.24) is 9.88 Å². The minimum absolute atomic E-state index is 0.124. The Morgan fingerprint density at radius 2 is 2.31 bits per heavy atom. The first-order valence-electron chi connectivity index (χ1n) is 5.45. The van der Waals surface area contributed by atoms with Crippen LogP contribution < -0.4 is 5.32 Å². The predicted octanol–water partition coefficient (Wildman–Crippen LogP) is 2.04. The molecule has 0 bridgehead atoms. The number of aromatic nitrogens is 1. The fourth-order valence-corrected chi connectivity index (χ4v) is 1.44. The van der Waals surface area contributed by atoms with E-state index in [0.29, 0.717) is 5.69 Å². The van der Waals surface area contributed by atoms with Gasteiger partial charge in [0, 0.05) is 12.7 Å². The number of carbonyl (C=O) groups is 1. The third-order valence-corrected chi connectivity index (χ3v) is 2.31. The number of nitrogens with zero attached hydrogens (tertiary/aromatic N) is 1. The van der Waals surface area contributed by atoms with Crippen LogP contribution in [-0.4, -0.2) is 16.0 Å². The normalized spacial score (nSPS) is 10.9. The zero-order valence-corrected chi connectivity index (χ0v) is 10.1. The lowest BCUT2D eigenvalue weighted by Gasteiger charge is -2.20. The average Bonchev–Trinajstić information content (AvgIpc) is 2.66. The molecule has 0 aliphatic carbocycles. The second-order valence-electron chi connectivity index (χ2n) is 4.31. The van der Waals surface area contributed by atoms with Crippen molar-refractivity contribution in [3.05, 3.63) is 24.0 Å². The number of carbonyl (C=O) groups excluding carboxylic acids is 1. The number of hydrogen-bond acceptors (Lipinski definition) is 1. The monoisotopic (exact) mass is 218 g/mol. The Balaban J connectivity index is 2.81. The minimum atomic E-state index is -0.613. The van der Waals surface area contributed by atoms with Gasteiger partial charge in [-0.1, -0.05) is 12.8 Å². The number of aryl methyl sites for hydroxylation is 1. The molecule has 86 valence electrons. The van der Waals surface area contributed by atoms with E-state index in [1.165, 1.54) is 0 Å². The lowest BCUT2D eigenvalue weighted by Crippen LogP contribution is -2.42. The van der Waals surface area contributed by atoms with Gasteiger partial charge in [-0.25, -0.2) is 0 Å². The summed E-state index contributed by atoms with van der Waals surface area (Å²) >= 11 is 0. The van der Waals surface area contributed by atoms with Crippen molar-refractivity contribution < 1.29 is 4.79 Å². The van der Waals surface area contributed by atoms with Crippen molar-refractivity contribution >= 4 is 5.91 Å². The van der Waals surface area contributed by atoms with Gasteiger partial charge in [0.15, 0.2) is 0 Å². The molecule has 16 heavy (non-hydrogen) atoms. The minimum Gasteiger partial charge on any atom is -0.344 e. The lowest BCUT2D eigenvalue weighted by atomic mass is 10.1. The van der Waals surface area contributed by atoms with Crippen LogP contribution in [0.15, 0.2) is 18.3 Å². The van der Waals surface area contributed by atoms with Crippen LogP contribution >= 0.6 is 0 Å². The quantitative estimate of drug-likeness (QED) is 0.771. The maximum absolute atomic E-state index is 11.9. The summed E-state index contributed by atoms with van der Waals surface area (Å²) < 4.78 is 1.93. The van der Waals surface area contributed by atoms with Gasteiger partial charge >= 0.3 is 0 Å². The van der Waals surface area contributed by atoms with E-state index >= 15 is 0 Å². The van der Waals surface area contributed by atoms with E-state index in [0.717, 1.165) is 13.0 Å². The molecule has 0 unspecified atom stereocenters. The topological polar surface area (TPSA) is 34.0 Å². The standard InChI is InChI=1S/C13H18N2O/c1-5-9-15-10-7-8-11(15)12(16)14-13(3,4)6-2/h2,7-8,10H,5,9H2,1,3-4H3,(H,14,16). The van der Waals surface area contributed by atoms with Gasteiger partial charge in [0.25, 0.3) is 5.91 Å². The molecule has 0 fully saturated rings. The van der Waals surface area contributed by atoms with Gasteiger partial charge in [-0.05, 0) is 32.4 Å². The van der Waals surface area contributed by atoms with Crippen LogP contribution in [0.25, 0.3) is 0 Å². The molecule has 0 aliphatic rings. The van der Waals surface area contributed by atoms with Crippen molar-refractivity contribution in [2.24, 2.45) is 0 Å². The highest BCUT2D eigenvalue weighted by Gasteiger charge is 2.19. The molecular formula is C13H18N2O. The molecule has 3 nitrogen and oxygen atoms in total. The number of hydrogen-bond donors (Lipinski definition) is 1. The van der Waals surface area contributed by atoms with Crippen LogP contribution in [0.1, 0.15) is 37.7 Å². The fraction of sp³-hybridized carbons (Fsp3) is 0.462. The van der Waals surface area contributed by atoms with Crippen molar-refractivity contribution in [1.29, 1.82) is 0 Å². The van der Waals surface area contributed by atoms with Gasteiger partial charge in [0.05, 0.1) is 5.54 Å². The molecule has 1 heterocycles. The summed E-state index contributed by atoms with van der Waals surface area (Å²) in [6, 6.07) is 3.67. The van der Waals surface area contributed by atoms with Gasteiger partial charge in [-0.3, -0.25) is 4.79 Å². The predicted molar refractivity (Wildman–Crippen MR) is 65.1 cm³/mol. The molecule has 3 heteroatoms. The van der Waals surface area contributed by atoms with Gasteiger partial charge in [0.1, 0.15) is 5.69 Å². The Kier molecular flexibility index (Phi) is 3.78. The first kappa shape index (κ1) is 12.4. The second kappa shape index (κ2) is 4.89. The van der Waals surface area contributed by atoms with Crippen LogP contribution in [-0.2, 0) is 6.54 Å². The van der Waals surface area contributed by atoms with Gasteiger partial charge in [-0.2, -0.15) is 0 Å². The number of terminal acetylenes is 1. The highest BCUT2D eigenvalue weighted by atomic mass is 16.2. The van der Waals surface area contributed by atoms with Crippen molar-refractivity contribution in [2.75, 3.05) is 0 Å². The van der Waals surface area contributed by atoms with Gasteiger partial charge in [-0.15, -0.1) is 6.42 Å². The lowest BCUT2D eigenvalue weighted by molar-refractivity contribution is 0.0920. The third-order valence-electron chi connectivity index (χ3n) is 2.31. The van der Waals surface area contributed by atoms with Gasteiger partial charge < -0.3 is 9.88 Å². The Hall–Kier alpha value is -1.69. The Bertz CT molecular complexity index is 410. The van der Waals surface area contributed by atoms with E-state index in [1.807, 2.05) is 16.8 Å². The van der Waals surface area contributed by atoms with E-state index in [9.17, 15) is 4.79 Å². The molecule has 0 atom stereocenters. The summed E-state index contributed by atoms with van der Waals surface area (Å²) in [6.07, 6.45) is 8.23. The molecule has 1 rings (SSSR count). The van der Waals surface area contributed by atoms with E-state index < -0.39 is 5.54 Å². The van der Waals surface area contributed by atoms with E-state index in [2.05, 4.69) is 18.2 Å². The van der Waals surface area contributed by atoms with Crippen LogP contribution in [0.2, 0.25) is 0 Å². The van der Waals surface area contributed by atoms with Crippen molar-refractivity contribution in [3.63, 3.8) is 0 Å². The summed E-state index contributed by atoms with van der Waals surface area (Å²) in [5, 5.41) is 2.81. The van der Waals surface area contributed by atoms with Crippen molar-refractivity contribution in [2.45, 2.75) is 39.3 Å². The van der Waals surface area contributed by atoms with Crippen LogP contribution in [0.5, 0.6) is 0 Å². The molecule has 0 saturated carbocycles. The molecule has 1 aromatic heterocycles. The Morgan fingerprint density at radius 3 is 2.88 bits per heavy atom. The second-order valence-corrected chi connectivity index (χ2v) is 4.31. The van der Waals surface area contributed by atoms with E-state index in [1.54, 1.807) is 19.9 Å². The van der Waals surface area contributed by atoms with E-state index in [-0.39, 0.29) is 5.91 Å². The Labute approximate surface area is 96.8 Å². The summed E-state index contributed by atoms with van der Waals surface area (Å²) in [4.78, 5) is 11.9. The molecule has 0 saturated heterocycles. The summed E-state index contributed by atoms with van der Waals surface area (Å²) in [7, 11) is 0. The summed E-state index contributed by atoms with van der Waals surface area (Å²) in [5.41, 5.74) is 0.0449. The number of amides is 1. The molecule has 1 aromatic rings. The Morgan fingerprint density at radius 1 is 1.62 bits per heavy atom. The van der Waals surface area contributed by atoms with Crippen LogP contribution in [0.3, 0.4) is 0 Å². The maximum Gasteiger partial charge on any atom is 0.269 e. The van der Waals surface area contributed by atoms with Crippen LogP contribution in [0.4, 0.5) is 0 Å². The van der Waals surface area contributed by atoms with E-state index in [4.69, 9.17) is 6.42 Å². The summed E-state index contributed by atoms with van der Waals surface area (Å²) in [6.45, 7) is 6.52. The molecular weight excluding hydrogens is 200 g/mol. The highest BCUT2D eigenvalue weighted by Crippen LogP contribution is 2.07. The van der Waals surface area contributed by atoms with Gasteiger partial charge in [0.2, 0.25) is 0 Å². The number of nitrogens with one attached hydrogen (secondary N) is 1. The largest absolute Gasteiger partial charge is 0.344 e. The van der Waals surface area contributed by atoms with Crippen LogP contribution in [0, 0.1) is 12.3 Å². The SMILES string of the molecule is C#CC(C)(C)NC(=O)c1cccn1CCC. The fourth-order valence-electron chi connectivity index (χ4n) is 1.44. The molecule has 0 aliphatic heterocycles. The molecule has 1 amide bonds. The smallest absolute Gasteiger partial charge is 0.269 e.